The summed E-state index contributed by atoms with van der Waals surface area (Å²) in [6.45, 7) is 5.05. The Balaban J connectivity index is 5.21. The molecule has 0 radical (unpaired) electrons. The Morgan fingerprint density at radius 3 is 0.573 bits per heavy atom. The lowest BCUT2D eigenvalue weighted by atomic mass is 10.0. The van der Waals surface area contributed by atoms with Gasteiger partial charge in [-0.2, -0.15) is 0 Å². The van der Waals surface area contributed by atoms with Gasteiger partial charge in [0.15, 0.2) is 12.2 Å². The van der Waals surface area contributed by atoms with Crippen LogP contribution in [-0.4, -0.2) is 96.7 Å². The summed E-state index contributed by atoms with van der Waals surface area (Å²) in [6, 6.07) is 0. The van der Waals surface area contributed by atoms with Crippen LogP contribution in [0.4, 0.5) is 0 Å². The molecular formula is C84H164O17P2. The van der Waals surface area contributed by atoms with Gasteiger partial charge in [-0.05, 0) is 25.7 Å². The van der Waals surface area contributed by atoms with Gasteiger partial charge < -0.3 is 33.8 Å². The molecule has 0 aromatic heterocycles. The first-order valence-corrected chi connectivity index (χ1v) is 46.8. The molecule has 17 nitrogen and oxygen atoms in total. The van der Waals surface area contributed by atoms with Crippen molar-refractivity contribution in [2.75, 3.05) is 39.6 Å². The summed E-state index contributed by atoms with van der Waals surface area (Å²) in [5.74, 6) is -2.10. The van der Waals surface area contributed by atoms with Gasteiger partial charge in [0.05, 0.1) is 26.4 Å². The van der Waals surface area contributed by atoms with E-state index >= 15 is 0 Å². The SMILES string of the molecule is CCCCCCCCCCCCCCCCCCCCCCCCC(=O)O[C@H](COC(=O)CCCCCCCCCCCCCCCCC)COP(=O)(O)OC[C@@H](O)COP(=O)(O)OC[C@@H](COC(=O)CCCCCCCCCCCCC)OC(=O)CCCCCCCCCCCCCCCCC. The fourth-order valence-electron chi connectivity index (χ4n) is 13.2. The first-order chi connectivity index (χ1) is 50.2. The van der Waals surface area contributed by atoms with E-state index in [1.165, 1.54) is 289 Å². The smallest absolute Gasteiger partial charge is 0.462 e. The topological polar surface area (TPSA) is 237 Å². The number of esters is 4. The van der Waals surface area contributed by atoms with Crippen LogP contribution >= 0.6 is 15.6 Å². The van der Waals surface area contributed by atoms with Gasteiger partial charge in [0, 0.05) is 25.7 Å². The van der Waals surface area contributed by atoms with Crippen molar-refractivity contribution >= 4 is 39.5 Å². The molecule has 0 spiro atoms. The lowest BCUT2D eigenvalue weighted by Crippen LogP contribution is -2.30. The zero-order valence-corrected chi connectivity index (χ0v) is 69.1. The van der Waals surface area contributed by atoms with E-state index in [4.69, 9.17) is 37.0 Å². The monoisotopic (exact) mass is 1510 g/mol. The van der Waals surface area contributed by atoms with E-state index in [0.717, 1.165) is 89.9 Å². The van der Waals surface area contributed by atoms with Crippen LogP contribution < -0.4 is 0 Å². The second-order valence-corrected chi connectivity index (χ2v) is 33.1. The van der Waals surface area contributed by atoms with Crippen molar-refractivity contribution < 1.29 is 80.2 Å². The molecule has 0 fully saturated rings. The molecule has 0 saturated carbocycles. The van der Waals surface area contributed by atoms with Gasteiger partial charge in [-0.1, -0.05) is 407 Å². The Hall–Kier alpha value is -1.94. The second kappa shape index (κ2) is 78.2. The third-order valence-corrected chi connectivity index (χ3v) is 21.8. The zero-order chi connectivity index (χ0) is 75.3. The van der Waals surface area contributed by atoms with E-state index in [0.29, 0.717) is 25.7 Å². The van der Waals surface area contributed by atoms with Crippen molar-refractivity contribution in [2.24, 2.45) is 0 Å². The van der Waals surface area contributed by atoms with Crippen LogP contribution in [0.25, 0.3) is 0 Å². The number of carbonyl (C=O) groups excluding carboxylic acids is 4. The summed E-state index contributed by atoms with van der Waals surface area (Å²) in [4.78, 5) is 73.1. The van der Waals surface area contributed by atoms with Crippen molar-refractivity contribution in [2.45, 2.75) is 476 Å². The van der Waals surface area contributed by atoms with E-state index in [2.05, 4.69) is 27.7 Å². The molecule has 0 aliphatic heterocycles. The van der Waals surface area contributed by atoms with Crippen molar-refractivity contribution in [3.63, 3.8) is 0 Å². The Morgan fingerprint density at radius 2 is 0.388 bits per heavy atom. The summed E-state index contributed by atoms with van der Waals surface area (Å²) in [5, 5.41) is 10.7. The predicted molar refractivity (Wildman–Crippen MR) is 423 cm³/mol. The molecule has 0 aromatic carbocycles. The van der Waals surface area contributed by atoms with Crippen LogP contribution in [0.5, 0.6) is 0 Å². The molecule has 0 heterocycles. The third kappa shape index (κ3) is 78.0. The number of rotatable bonds is 85. The first kappa shape index (κ1) is 101. The van der Waals surface area contributed by atoms with Crippen LogP contribution in [-0.2, 0) is 65.4 Å². The molecule has 0 aliphatic carbocycles. The molecular weight excluding hydrogens is 1340 g/mol. The van der Waals surface area contributed by atoms with Crippen molar-refractivity contribution in [3.8, 4) is 0 Å². The molecule has 19 heteroatoms. The van der Waals surface area contributed by atoms with Crippen LogP contribution in [0.15, 0.2) is 0 Å². The van der Waals surface area contributed by atoms with Gasteiger partial charge in [-0.15, -0.1) is 0 Å². The van der Waals surface area contributed by atoms with Gasteiger partial charge in [0.2, 0.25) is 0 Å². The molecule has 0 aliphatic rings. The highest BCUT2D eigenvalue weighted by molar-refractivity contribution is 7.47. The largest absolute Gasteiger partial charge is 0.472 e. The van der Waals surface area contributed by atoms with Gasteiger partial charge in [0.1, 0.15) is 19.3 Å². The molecule has 103 heavy (non-hydrogen) atoms. The predicted octanol–water partition coefficient (Wildman–Crippen LogP) is 25.7. The molecule has 0 aromatic rings. The van der Waals surface area contributed by atoms with Gasteiger partial charge in [-0.25, -0.2) is 9.13 Å². The standard InChI is InChI=1S/C84H164O17P2/c1-5-9-13-17-21-25-29-32-35-36-37-38-39-40-41-44-47-51-55-59-63-67-71-84(89)101-80(75-95-82(87)69-65-61-57-53-49-45-42-33-30-26-22-18-14-10-6-2)77-99-103(92,93)97-73-78(85)72-96-102(90,91)98-76-79(74-94-81(86)68-64-60-56-52-48-28-24-20-16-12-8-4)100-83(88)70-66-62-58-54-50-46-43-34-31-27-23-19-15-11-7-3/h78-80,85H,5-77H2,1-4H3,(H,90,91)(H,92,93)/t78-,79+,80+/m0/s1. The minimum atomic E-state index is -4.96. The average Bonchev–Trinajstić information content (AvgIpc) is 0.916. The maximum absolute atomic E-state index is 13.1. The van der Waals surface area contributed by atoms with E-state index in [9.17, 15) is 43.2 Å². The Kier molecular flexibility index (Phi) is 76.7. The maximum Gasteiger partial charge on any atom is 0.472 e. The summed E-state index contributed by atoms with van der Waals surface area (Å²) in [6.07, 6.45) is 72.1. The quantitative estimate of drug-likeness (QED) is 0.0222. The van der Waals surface area contributed by atoms with E-state index in [-0.39, 0.29) is 25.7 Å². The Morgan fingerprint density at radius 1 is 0.233 bits per heavy atom. The molecule has 0 saturated heterocycles. The number of phosphoric acid groups is 2. The number of ether oxygens (including phenoxy) is 4. The summed E-state index contributed by atoms with van der Waals surface area (Å²) < 4.78 is 68.8. The molecule has 612 valence electrons. The number of aliphatic hydroxyl groups is 1. The molecule has 5 atom stereocenters. The first-order valence-electron chi connectivity index (χ1n) is 43.8. The summed E-state index contributed by atoms with van der Waals surface area (Å²) in [7, 11) is -9.92. The maximum atomic E-state index is 13.1. The average molecular weight is 1510 g/mol. The highest BCUT2D eigenvalue weighted by Crippen LogP contribution is 2.45. The molecule has 2 unspecified atom stereocenters. The molecule has 0 amide bonds. The number of carbonyl (C=O) groups is 4. The van der Waals surface area contributed by atoms with Crippen LogP contribution in [0.1, 0.15) is 458 Å². The fraction of sp³-hybridized carbons (Fsp3) is 0.952. The van der Waals surface area contributed by atoms with Crippen molar-refractivity contribution in [3.05, 3.63) is 0 Å². The lowest BCUT2D eigenvalue weighted by molar-refractivity contribution is -0.161. The highest BCUT2D eigenvalue weighted by Gasteiger charge is 2.30. The van der Waals surface area contributed by atoms with E-state index in [1.54, 1.807) is 0 Å². The van der Waals surface area contributed by atoms with E-state index in [1.807, 2.05) is 0 Å². The number of hydrogen-bond donors (Lipinski definition) is 3. The summed E-state index contributed by atoms with van der Waals surface area (Å²) >= 11 is 0. The molecule has 0 rings (SSSR count). The molecule has 3 N–H and O–H groups in total. The van der Waals surface area contributed by atoms with Gasteiger partial charge >= 0.3 is 39.5 Å². The van der Waals surface area contributed by atoms with Crippen molar-refractivity contribution in [1.82, 2.24) is 0 Å². The number of unbranched alkanes of at least 4 members (excludes halogenated alkanes) is 59. The lowest BCUT2D eigenvalue weighted by Gasteiger charge is -2.21. The molecule has 0 bridgehead atoms. The highest BCUT2D eigenvalue weighted by atomic mass is 31.2. The Bertz CT molecular complexity index is 1950. The number of phosphoric ester groups is 2. The second-order valence-electron chi connectivity index (χ2n) is 30.2. The fourth-order valence-corrected chi connectivity index (χ4v) is 14.7. The van der Waals surface area contributed by atoms with E-state index < -0.39 is 97.5 Å². The van der Waals surface area contributed by atoms with Gasteiger partial charge in [-0.3, -0.25) is 37.3 Å². The van der Waals surface area contributed by atoms with Crippen LogP contribution in [0.3, 0.4) is 0 Å². The van der Waals surface area contributed by atoms with Crippen LogP contribution in [0.2, 0.25) is 0 Å². The number of hydrogen-bond acceptors (Lipinski definition) is 15. The summed E-state index contributed by atoms with van der Waals surface area (Å²) in [5.41, 5.74) is 0. The minimum Gasteiger partial charge on any atom is -0.462 e. The zero-order valence-electron chi connectivity index (χ0n) is 67.3. The van der Waals surface area contributed by atoms with Crippen LogP contribution in [0, 0.1) is 0 Å². The Labute approximate surface area is 632 Å². The number of aliphatic hydroxyl groups excluding tert-OH is 1. The third-order valence-electron chi connectivity index (χ3n) is 19.9. The normalized spacial score (nSPS) is 13.7. The van der Waals surface area contributed by atoms with Crippen molar-refractivity contribution in [1.29, 1.82) is 0 Å². The van der Waals surface area contributed by atoms with Gasteiger partial charge in [0.25, 0.3) is 0 Å². The minimum absolute atomic E-state index is 0.109.